The Morgan fingerprint density at radius 1 is 0.600 bits per heavy atom. The molecule has 0 amide bonds. The first kappa shape index (κ1) is 34.9. The van der Waals surface area contributed by atoms with Gasteiger partial charge in [-0.15, -0.1) is 0 Å². The molecule has 0 unspecified atom stereocenters. The molecule has 1 aliphatic carbocycles. The molecule has 1 aliphatic heterocycles. The minimum absolute atomic E-state index is 0.0164. The molecular weight excluding hydrogens is 673 g/mol. The standard InChI is InChI=1S/C50H48N4O/c1-48(2,3)33-25-27-40-36(29-33)37-30-34(49(4,5)6)26-28-41(37)54(40)42-24-16-23-39-44(42)55-43-35(21-15-22-38(43)50(39,7)8)47-52-45(31-17-11-9-12-18-31)51-46(53-47)32-19-13-10-14-20-32/h9,11-13,15-30H,10,14H2,1-8H3. The second-order valence-electron chi connectivity index (χ2n) is 17.7. The number of hydrogen-bond acceptors (Lipinski definition) is 4. The predicted molar refractivity (Wildman–Crippen MR) is 227 cm³/mol. The zero-order valence-electron chi connectivity index (χ0n) is 33.2. The average Bonchev–Trinajstić information content (AvgIpc) is 3.50. The summed E-state index contributed by atoms with van der Waals surface area (Å²) in [5, 5.41) is 2.50. The van der Waals surface area contributed by atoms with E-state index in [1.54, 1.807) is 0 Å². The predicted octanol–water partition coefficient (Wildman–Crippen LogP) is 13.1. The summed E-state index contributed by atoms with van der Waals surface area (Å²) in [6, 6.07) is 37.1. The van der Waals surface area contributed by atoms with E-state index in [1.807, 2.05) is 18.2 Å². The molecule has 0 radical (unpaired) electrons. The highest BCUT2D eigenvalue weighted by molar-refractivity contribution is 6.10. The number of nitrogens with zero attached hydrogens (tertiary/aromatic N) is 4. The number of benzene rings is 5. The van der Waals surface area contributed by atoms with Crippen LogP contribution < -0.4 is 4.74 Å². The van der Waals surface area contributed by atoms with Gasteiger partial charge in [-0.1, -0.05) is 140 Å². The van der Waals surface area contributed by atoms with Crippen molar-refractivity contribution in [2.75, 3.05) is 0 Å². The van der Waals surface area contributed by atoms with Crippen LogP contribution in [-0.4, -0.2) is 19.5 Å². The Bertz CT molecular complexity index is 2640. The Labute approximate surface area is 324 Å². The van der Waals surface area contributed by atoms with E-state index in [4.69, 9.17) is 19.7 Å². The Balaban J connectivity index is 1.27. The summed E-state index contributed by atoms with van der Waals surface area (Å²) in [5.74, 6) is 3.54. The van der Waals surface area contributed by atoms with Crippen molar-refractivity contribution in [2.45, 2.75) is 84.5 Å². The van der Waals surface area contributed by atoms with Gasteiger partial charge in [0, 0.05) is 38.5 Å². The van der Waals surface area contributed by atoms with Crippen LogP contribution in [0.25, 0.3) is 55.8 Å². The fraction of sp³-hybridized carbons (Fsp3) is 0.260. The molecule has 5 heteroatoms. The number of para-hydroxylation sites is 2. The van der Waals surface area contributed by atoms with Crippen molar-refractivity contribution < 1.29 is 4.74 Å². The van der Waals surface area contributed by atoms with Crippen LogP contribution in [0.15, 0.2) is 121 Å². The summed E-state index contributed by atoms with van der Waals surface area (Å²) >= 11 is 0. The van der Waals surface area contributed by atoms with Crippen LogP contribution in [0.1, 0.15) is 96.3 Å². The highest BCUT2D eigenvalue weighted by atomic mass is 16.5. The molecule has 2 aromatic heterocycles. The Morgan fingerprint density at radius 2 is 1.20 bits per heavy atom. The molecule has 0 N–H and O–H groups in total. The van der Waals surface area contributed by atoms with Crippen LogP contribution in [0, 0.1) is 0 Å². The van der Waals surface area contributed by atoms with Crippen LogP contribution in [-0.2, 0) is 16.2 Å². The molecule has 5 aromatic carbocycles. The van der Waals surface area contributed by atoms with Gasteiger partial charge in [0.15, 0.2) is 23.2 Å². The van der Waals surface area contributed by atoms with Gasteiger partial charge in [0.2, 0.25) is 0 Å². The summed E-state index contributed by atoms with van der Waals surface area (Å²) in [7, 11) is 0. The van der Waals surface area contributed by atoms with Crippen molar-refractivity contribution >= 4 is 27.4 Å². The molecule has 7 aromatic rings. The van der Waals surface area contributed by atoms with Gasteiger partial charge in [-0.05, 0) is 71.2 Å². The smallest absolute Gasteiger partial charge is 0.167 e. The number of ether oxygens (including phenoxy) is 1. The number of allylic oxidation sites excluding steroid dienone is 4. The Kier molecular flexibility index (Phi) is 8.02. The number of hydrogen-bond donors (Lipinski definition) is 0. The second-order valence-corrected chi connectivity index (χ2v) is 17.7. The van der Waals surface area contributed by atoms with Crippen LogP contribution >= 0.6 is 0 Å². The van der Waals surface area contributed by atoms with Crippen molar-refractivity contribution in [3.8, 4) is 40.0 Å². The summed E-state index contributed by atoms with van der Waals surface area (Å²) < 4.78 is 9.69. The van der Waals surface area contributed by atoms with E-state index in [9.17, 15) is 0 Å². The van der Waals surface area contributed by atoms with Gasteiger partial charge in [0.1, 0.15) is 5.75 Å². The molecule has 0 saturated carbocycles. The quantitative estimate of drug-likeness (QED) is 0.182. The summed E-state index contributed by atoms with van der Waals surface area (Å²) in [5.41, 5.74) is 10.7. The summed E-state index contributed by atoms with van der Waals surface area (Å²) in [6.07, 6.45) is 8.52. The minimum Gasteiger partial charge on any atom is -0.454 e. The van der Waals surface area contributed by atoms with Crippen molar-refractivity contribution in [2.24, 2.45) is 0 Å². The molecule has 3 heterocycles. The maximum Gasteiger partial charge on any atom is 0.167 e. The molecule has 0 saturated heterocycles. The van der Waals surface area contributed by atoms with E-state index >= 15 is 0 Å². The van der Waals surface area contributed by atoms with E-state index in [1.165, 1.54) is 21.9 Å². The second kappa shape index (κ2) is 12.6. The molecule has 9 rings (SSSR count). The Morgan fingerprint density at radius 3 is 1.82 bits per heavy atom. The van der Waals surface area contributed by atoms with Gasteiger partial charge in [-0.25, -0.2) is 15.0 Å². The molecule has 274 valence electrons. The lowest BCUT2D eigenvalue weighted by Gasteiger charge is -2.36. The topological polar surface area (TPSA) is 52.8 Å². The van der Waals surface area contributed by atoms with Gasteiger partial charge in [0.25, 0.3) is 0 Å². The van der Waals surface area contributed by atoms with E-state index in [2.05, 4.69) is 163 Å². The Hall–Kier alpha value is -5.81. The fourth-order valence-corrected chi connectivity index (χ4v) is 8.20. The van der Waals surface area contributed by atoms with E-state index in [-0.39, 0.29) is 16.2 Å². The van der Waals surface area contributed by atoms with Gasteiger partial charge in [-0.2, -0.15) is 0 Å². The average molecular weight is 721 g/mol. The normalized spacial score (nSPS) is 15.1. The summed E-state index contributed by atoms with van der Waals surface area (Å²) in [4.78, 5) is 15.3. The third kappa shape index (κ3) is 5.88. The third-order valence-corrected chi connectivity index (χ3v) is 11.5. The molecule has 0 atom stereocenters. The van der Waals surface area contributed by atoms with Crippen molar-refractivity contribution in [1.29, 1.82) is 0 Å². The fourth-order valence-electron chi connectivity index (χ4n) is 8.20. The van der Waals surface area contributed by atoms with Crippen LogP contribution in [0.5, 0.6) is 11.5 Å². The van der Waals surface area contributed by atoms with E-state index in [0.29, 0.717) is 17.5 Å². The number of aromatic nitrogens is 4. The van der Waals surface area contributed by atoms with Crippen molar-refractivity contribution in [3.63, 3.8) is 0 Å². The number of fused-ring (bicyclic) bond motifs is 5. The minimum atomic E-state index is -0.376. The molecular formula is C50H48N4O. The highest BCUT2D eigenvalue weighted by Gasteiger charge is 2.38. The molecule has 5 nitrogen and oxygen atoms in total. The zero-order valence-corrected chi connectivity index (χ0v) is 33.2. The lowest BCUT2D eigenvalue weighted by atomic mass is 9.75. The van der Waals surface area contributed by atoms with Crippen LogP contribution in [0.2, 0.25) is 0 Å². The first-order valence-electron chi connectivity index (χ1n) is 19.5. The lowest BCUT2D eigenvalue weighted by Crippen LogP contribution is -2.25. The summed E-state index contributed by atoms with van der Waals surface area (Å²) in [6.45, 7) is 18.3. The monoisotopic (exact) mass is 720 g/mol. The van der Waals surface area contributed by atoms with E-state index < -0.39 is 0 Å². The molecule has 0 spiro atoms. The largest absolute Gasteiger partial charge is 0.454 e. The first-order valence-corrected chi connectivity index (χ1v) is 19.5. The highest BCUT2D eigenvalue weighted by Crippen LogP contribution is 2.53. The molecule has 0 fully saturated rings. The third-order valence-electron chi connectivity index (χ3n) is 11.5. The van der Waals surface area contributed by atoms with Crippen molar-refractivity contribution in [3.05, 3.63) is 149 Å². The van der Waals surface area contributed by atoms with Gasteiger partial charge >= 0.3 is 0 Å². The maximum atomic E-state index is 7.29. The van der Waals surface area contributed by atoms with Crippen LogP contribution in [0.4, 0.5) is 0 Å². The SMILES string of the molecule is CC(C)(C)c1ccc2c(c1)c1cc(C(C)(C)C)ccc1n2-c1cccc2c1Oc1c(-c3nc(C4=CCCC=C4)nc(-c4ccccc4)n3)cccc1C2(C)C. The van der Waals surface area contributed by atoms with E-state index in [0.717, 1.165) is 68.9 Å². The maximum absolute atomic E-state index is 7.29. The van der Waals surface area contributed by atoms with Gasteiger partial charge < -0.3 is 9.30 Å². The molecule has 2 aliphatic rings. The first-order chi connectivity index (χ1) is 26.3. The zero-order chi connectivity index (χ0) is 38.3. The lowest BCUT2D eigenvalue weighted by molar-refractivity contribution is 0.418. The van der Waals surface area contributed by atoms with Crippen molar-refractivity contribution in [1.82, 2.24) is 19.5 Å². The molecule has 55 heavy (non-hydrogen) atoms. The van der Waals surface area contributed by atoms with Crippen LogP contribution in [0.3, 0.4) is 0 Å². The van der Waals surface area contributed by atoms with Gasteiger partial charge in [0.05, 0.1) is 22.3 Å². The van der Waals surface area contributed by atoms with Gasteiger partial charge in [-0.3, -0.25) is 0 Å². The molecule has 0 bridgehead atoms. The number of rotatable bonds is 4.